The van der Waals surface area contributed by atoms with Crippen molar-refractivity contribution in [2.75, 3.05) is 13.1 Å². The Hall–Kier alpha value is -2.05. The SMILES string of the molecule is CCNC(=O)C1CC(=O)N(Cc2cccc(C(F)(F)F)c2)C1. The summed E-state index contributed by atoms with van der Waals surface area (Å²) in [6, 6.07) is 4.89. The quantitative estimate of drug-likeness (QED) is 0.926. The molecule has 1 atom stereocenters. The van der Waals surface area contributed by atoms with Crippen molar-refractivity contribution in [2.45, 2.75) is 26.1 Å². The van der Waals surface area contributed by atoms with Crippen LogP contribution in [0, 0.1) is 5.92 Å². The first-order valence-electron chi connectivity index (χ1n) is 7.03. The average molecular weight is 314 g/mol. The van der Waals surface area contributed by atoms with Crippen LogP contribution < -0.4 is 5.32 Å². The summed E-state index contributed by atoms with van der Waals surface area (Å²) in [6.07, 6.45) is -4.31. The van der Waals surface area contributed by atoms with E-state index in [1.807, 2.05) is 0 Å². The number of hydrogen-bond donors (Lipinski definition) is 1. The monoisotopic (exact) mass is 314 g/mol. The molecule has 120 valence electrons. The highest BCUT2D eigenvalue weighted by atomic mass is 19.4. The van der Waals surface area contributed by atoms with E-state index in [1.54, 1.807) is 13.0 Å². The number of carbonyl (C=O) groups is 2. The molecule has 2 amide bonds. The second kappa shape index (κ2) is 6.37. The maximum atomic E-state index is 12.7. The predicted molar refractivity (Wildman–Crippen MR) is 73.7 cm³/mol. The Morgan fingerprint density at radius 3 is 2.77 bits per heavy atom. The molecule has 1 aromatic carbocycles. The lowest BCUT2D eigenvalue weighted by Crippen LogP contribution is -2.32. The zero-order chi connectivity index (χ0) is 16.3. The lowest BCUT2D eigenvalue weighted by atomic mass is 10.1. The van der Waals surface area contributed by atoms with Gasteiger partial charge < -0.3 is 10.2 Å². The van der Waals surface area contributed by atoms with Gasteiger partial charge in [-0.25, -0.2) is 0 Å². The average Bonchev–Trinajstić information content (AvgIpc) is 2.80. The maximum absolute atomic E-state index is 12.7. The third kappa shape index (κ3) is 3.78. The fourth-order valence-electron chi connectivity index (χ4n) is 2.49. The minimum atomic E-state index is -4.41. The van der Waals surface area contributed by atoms with E-state index >= 15 is 0 Å². The molecular weight excluding hydrogens is 297 g/mol. The van der Waals surface area contributed by atoms with Gasteiger partial charge >= 0.3 is 6.18 Å². The molecule has 22 heavy (non-hydrogen) atoms. The van der Waals surface area contributed by atoms with Gasteiger partial charge in [0, 0.05) is 26.1 Å². The molecule has 1 unspecified atom stereocenters. The van der Waals surface area contributed by atoms with Gasteiger partial charge in [0.2, 0.25) is 11.8 Å². The third-order valence-electron chi connectivity index (χ3n) is 3.56. The van der Waals surface area contributed by atoms with Crippen molar-refractivity contribution in [2.24, 2.45) is 5.92 Å². The number of halogens is 3. The minimum absolute atomic E-state index is 0.0820. The summed E-state index contributed by atoms with van der Waals surface area (Å²) >= 11 is 0. The molecule has 2 rings (SSSR count). The van der Waals surface area contributed by atoms with Gasteiger partial charge in [-0.1, -0.05) is 12.1 Å². The standard InChI is InChI=1S/C15H17F3N2O2/c1-2-19-14(22)11-7-13(21)20(9-11)8-10-4-3-5-12(6-10)15(16,17)18/h3-6,11H,2,7-9H2,1H3,(H,19,22). The van der Waals surface area contributed by atoms with E-state index in [-0.39, 0.29) is 31.3 Å². The zero-order valence-corrected chi connectivity index (χ0v) is 12.1. The molecule has 1 N–H and O–H groups in total. The highest BCUT2D eigenvalue weighted by Crippen LogP contribution is 2.30. The van der Waals surface area contributed by atoms with Crippen molar-refractivity contribution in [1.29, 1.82) is 0 Å². The Balaban J connectivity index is 2.05. The summed E-state index contributed by atoms with van der Waals surface area (Å²) in [6.45, 7) is 2.59. The number of nitrogens with zero attached hydrogens (tertiary/aromatic N) is 1. The molecule has 1 saturated heterocycles. The van der Waals surface area contributed by atoms with Crippen LogP contribution in [-0.2, 0) is 22.3 Å². The molecule has 0 aliphatic carbocycles. The fourth-order valence-corrected chi connectivity index (χ4v) is 2.49. The van der Waals surface area contributed by atoms with E-state index < -0.39 is 17.7 Å². The first-order valence-corrected chi connectivity index (χ1v) is 7.03. The molecule has 0 saturated carbocycles. The molecule has 0 radical (unpaired) electrons. The molecule has 0 spiro atoms. The normalized spacial score (nSPS) is 18.6. The van der Waals surface area contributed by atoms with E-state index in [0.29, 0.717) is 12.1 Å². The van der Waals surface area contributed by atoms with E-state index in [4.69, 9.17) is 0 Å². The van der Waals surface area contributed by atoms with Crippen molar-refractivity contribution in [3.8, 4) is 0 Å². The molecule has 7 heteroatoms. The van der Waals surface area contributed by atoms with E-state index in [9.17, 15) is 22.8 Å². The lowest BCUT2D eigenvalue weighted by molar-refractivity contribution is -0.137. The van der Waals surface area contributed by atoms with Gasteiger partial charge in [-0.3, -0.25) is 9.59 Å². The Bertz CT molecular complexity index is 572. The number of alkyl halides is 3. The maximum Gasteiger partial charge on any atom is 0.416 e. The summed E-state index contributed by atoms with van der Waals surface area (Å²) in [5.41, 5.74) is -0.336. The smallest absolute Gasteiger partial charge is 0.356 e. The molecule has 0 bridgehead atoms. The van der Waals surface area contributed by atoms with Crippen molar-refractivity contribution in [3.63, 3.8) is 0 Å². The molecule has 0 aromatic heterocycles. The summed E-state index contributed by atoms with van der Waals surface area (Å²) in [4.78, 5) is 25.1. The van der Waals surface area contributed by atoms with Crippen LogP contribution in [0.2, 0.25) is 0 Å². The number of benzene rings is 1. The third-order valence-corrected chi connectivity index (χ3v) is 3.56. The second-order valence-corrected chi connectivity index (χ2v) is 5.27. The number of likely N-dealkylation sites (tertiary alicyclic amines) is 1. The number of nitrogens with one attached hydrogen (secondary N) is 1. The summed E-state index contributed by atoms with van der Waals surface area (Å²) < 4.78 is 38.0. The van der Waals surface area contributed by atoms with Crippen LogP contribution in [0.1, 0.15) is 24.5 Å². The molecule has 1 heterocycles. The molecule has 1 fully saturated rings. The highest BCUT2D eigenvalue weighted by molar-refractivity contribution is 5.89. The Morgan fingerprint density at radius 2 is 2.14 bits per heavy atom. The molecular formula is C15H17F3N2O2. The van der Waals surface area contributed by atoms with Crippen LogP contribution in [0.5, 0.6) is 0 Å². The summed E-state index contributed by atoms with van der Waals surface area (Å²) in [7, 11) is 0. The molecule has 1 aliphatic rings. The molecule has 1 aromatic rings. The van der Waals surface area contributed by atoms with E-state index in [0.717, 1.165) is 12.1 Å². The van der Waals surface area contributed by atoms with Crippen molar-refractivity contribution >= 4 is 11.8 Å². The number of carbonyl (C=O) groups excluding carboxylic acids is 2. The summed E-state index contributed by atoms with van der Waals surface area (Å²) in [5.74, 6) is -0.839. The first kappa shape index (κ1) is 16.3. The van der Waals surface area contributed by atoms with Gasteiger partial charge in [-0.2, -0.15) is 13.2 Å². The van der Waals surface area contributed by atoms with Crippen LogP contribution in [0.3, 0.4) is 0 Å². The van der Waals surface area contributed by atoms with Gasteiger partial charge in [-0.05, 0) is 24.6 Å². The Labute approximate surface area is 126 Å². The number of rotatable bonds is 4. The molecule has 4 nitrogen and oxygen atoms in total. The minimum Gasteiger partial charge on any atom is -0.356 e. The van der Waals surface area contributed by atoms with Crippen molar-refractivity contribution in [1.82, 2.24) is 10.2 Å². The van der Waals surface area contributed by atoms with Gasteiger partial charge in [0.1, 0.15) is 0 Å². The van der Waals surface area contributed by atoms with Gasteiger partial charge in [-0.15, -0.1) is 0 Å². The van der Waals surface area contributed by atoms with Crippen LogP contribution in [-0.4, -0.2) is 29.8 Å². The van der Waals surface area contributed by atoms with E-state index in [2.05, 4.69) is 5.32 Å². The lowest BCUT2D eigenvalue weighted by Gasteiger charge is -2.17. The summed E-state index contributed by atoms with van der Waals surface area (Å²) in [5, 5.41) is 2.65. The van der Waals surface area contributed by atoms with Gasteiger partial charge in [0.05, 0.1) is 11.5 Å². The van der Waals surface area contributed by atoms with Crippen LogP contribution in [0.25, 0.3) is 0 Å². The predicted octanol–water partition coefficient (Wildman–Crippen LogP) is 2.19. The Kier molecular flexibility index (Phi) is 4.73. The van der Waals surface area contributed by atoms with Crippen LogP contribution in [0.4, 0.5) is 13.2 Å². The van der Waals surface area contributed by atoms with E-state index in [1.165, 1.54) is 11.0 Å². The topological polar surface area (TPSA) is 49.4 Å². The largest absolute Gasteiger partial charge is 0.416 e. The van der Waals surface area contributed by atoms with Crippen LogP contribution >= 0.6 is 0 Å². The van der Waals surface area contributed by atoms with Crippen molar-refractivity contribution < 1.29 is 22.8 Å². The van der Waals surface area contributed by atoms with Crippen molar-refractivity contribution in [3.05, 3.63) is 35.4 Å². The van der Waals surface area contributed by atoms with Gasteiger partial charge in [0.25, 0.3) is 0 Å². The number of amides is 2. The van der Waals surface area contributed by atoms with Gasteiger partial charge in [0.15, 0.2) is 0 Å². The Morgan fingerprint density at radius 1 is 1.41 bits per heavy atom. The zero-order valence-electron chi connectivity index (χ0n) is 12.1. The number of hydrogen-bond acceptors (Lipinski definition) is 2. The first-order chi connectivity index (χ1) is 10.3. The van der Waals surface area contributed by atoms with Crippen LogP contribution in [0.15, 0.2) is 24.3 Å². The second-order valence-electron chi connectivity index (χ2n) is 5.27. The highest BCUT2D eigenvalue weighted by Gasteiger charge is 2.34. The fraction of sp³-hybridized carbons (Fsp3) is 0.467. The molecule has 1 aliphatic heterocycles.